The first-order valence-electron chi connectivity index (χ1n) is 10.9. The number of hydrogen-bond acceptors (Lipinski definition) is 9. The van der Waals surface area contributed by atoms with Gasteiger partial charge in [-0.3, -0.25) is 19.5 Å². The van der Waals surface area contributed by atoms with Gasteiger partial charge in [0.1, 0.15) is 0 Å². The van der Waals surface area contributed by atoms with Crippen molar-refractivity contribution in [3.05, 3.63) is 88.5 Å². The number of nitro groups is 1. The molecule has 1 amide bonds. The fourth-order valence-corrected chi connectivity index (χ4v) is 4.14. The van der Waals surface area contributed by atoms with Gasteiger partial charge in [-0.05, 0) is 30.3 Å². The number of carbonyl (C=O) groups is 1. The van der Waals surface area contributed by atoms with E-state index >= 15 is 0 Å². The number of hydrazone groups is 1. The maximum atomic E-state index is 12.4. The lowest BCUT2D eigenvalue weighted by Gasteiger charge is -2.12. The zero-order chi connectivity index (χ0) is 26.2. The highest BCUT2D eigenvalue weighted by molar-refractivity contribution is 7.99. The highest BCUT2D eigenvalue weighted by atomic mass is 32.2. The van der Waals surface area contributed by atoms with E-state index in [-0.39, 0.29) is 17.3 Å². The number of ether oxygens (including phenoxy) is 2. The average molecular weight is 519 g/mol. The first-order chi connectivity index (χ1) is 18.0. The van der Waals surface area contributed by atoms with Gasteiger partial charge in [-0.15, -0.1) is 10.2 Å². The van der Waals surface area contributed by atoms with E-state index in [2.05, 4.69) is 20.7 Å². The van der Waals surface area contributed by atoms with Crippen LogP contribution in [0.2, 0.25) is 0 Å². The van der Waals surface area contributed by atoms with Crippen LogP contribution in [0, 0.1) is 10.1 Å². The number of thioether (sulfide) groups is 1. The lowest BCUT2D eigenvalue weighted by molar-refractivity contribution is -0.384. The molecule has 0 radical (unpaired) electrons. The number of amides is 1. The molecule has 1 heterocycles. The predicted octanol–water partition coefficient (Wildman–Crippen LogP) is 4.10. The van der Waals surface area contributed by atoms with Gasteiger partial charge in [0.15, 0.2) is 22.5 Å². The Balaban J connectivity index is 1.52. The molecular weight excluding hydrogens is 496 g/mol. The van der Waals surface area contributed by atoms with Gasteiger partial charge in [0.05, 0.1) is 31.1 Å². The van der Waals surface area contributed by atoms with Crippen molar-refractivity contribution in [1.82, 2.24) is 20.2 Å². The number of para-hydroxylation sites is 1. The summed E-state index contributed by atoms with van der Waals surface area (Å²) in [6.45, 7) is 0. The van der Waals surface area contributed by atoms with Gasteiger partial charge in [-0.25, -0.2) is 5.43 Å². The molecule has 0 saturated carbocycles. The molecule has 0 saturated heterocycles. The van der Waals surface area contributed by atoms with Crippen molar-refractivity contribution in [2.24, 2.45) is 5.10 Å². The van der Waals surface area contributed by atoms with Crippen LogP contribution in [0.5, 0.6) is 11.5 Å². The minimum atomic E-state index is -0.494. The largest absolute Gasteiger partial charge is 0.493 e. The molecule has 0 unspecified atom stereocenters. The molecule has 11 nitrogen and oxygen atoms in total. The quantitative estimate of drug-likeness (QED) is 0.144. The van der Waals surface area contributed by atoms with E-state index in [0.29, 0.717) is 28.0 Å². The Kier molecular flexibility index (Phi) is 8.11. The van der Waals surface area contributed by atoms with Crippen LogP contribution in [0.3, 0.4) is 0 Å². The summed E-state index contributed by atoms with van der Waals surface area (Å²) < 4.78 is 12.6. The lowest BCUT2D eigenvalue weighted by Crippen LogP contribution is -2.20. The molecule has 0 bridgehead atoms. The van der Waals surface area contributed by atoms with Crippen molar-refractivity contribution >= 4 is 29.6 Å². The maximum Gasteiger partial charge on any atom is 0.270 e. The van der Waals surface area contributed by atoms with Gasteiger partial charge in [0, 0.05) is 28.9 Å². The monoisotopic (exact) mass is 518 g/mol. The summed E-state index contributed by atoms with van der Waals surface area (Å²) in [5.74, 6) is 1.36. The molecule has 1 N–H and O–H groups in total. The molecule has 0 aliphatic heterocycles. The minimum absolute atomic E-state index is 0.0170. The first kappa shape index (κ1) is 25.4. The summed E-state index contributed by atoms with van der Waals surface area (Å²) in [5.41, 5.74) is 4.44. The van der Waals surface area contributed by atoms with Crippen molar-refractivity contribution in [3.8, 4) is 28.6 Å². The van der Waals surface area contributed by atoms with Crippen LogP contribution >= 0.6 is 11.8 Å². The molecule has 3 aromatic carbocycles. The number of methoxy groups -OCH3 is 2. The molecule has 0 atom stereocenters. The van der Waals surface area contributed by atoms with E-state index in [9.17, 15) is 14.9 Å². The number of carbonyl (C=O) groups excluding carboxylic acids is 1. The normalized spacial score (nSPS) is 10.9. The van der Waals surface area contributed by atoms with Crippen molar-refractivity contribution < 1.29 is 19.2 Å². The standard InChI is InChI=1S/C25H22N6O5S/c1-35-21-12-11-18(14-22(21)36-2)24-28-29-25(30(24)19-8-4-3-5-9-19)37-16-23(32)27-26-15-17-7-6-10-20(13-17)31(33)34/h3-15H,16H2,1-2H3,(H,27,32)/b26-15-. The summed E-state index contributed by atoms with van der Waals surface area (Å²) in [4.78, 5) is 22.8. The third-order valence-electron chi connectivity index (χ3n) is 5.11. The van der Waals surface area contributed by atoms with Gasteiger partial charge in [-0.1, -0.05) is 42.1 Å². The van der Waals surface area contributed by atoms with Gasteiger partial charge < -0.3 is 9.47 Å². The van der Waals surface area contributed by atoms with Crippen LogP contribution in [0.4, 0.5) is 5.69 Å². The molecule has 0 aliphatic rings. The zero-order valence-electron chi connectivity index (χ0n) is 19.9. The van der Waals surface area contributed by atoms with Crippen LogP contribution in [-0.2, 0) is 4.79 Å². The number of non-ortho nitro benzene ring substituents is 1. The molecule has 0 aliphatic carbocycles. The van der Waals surface area contributed by atoms with Gasteiger partial charge in [-0.2, -0.15) is 5.10 Å². The second kappa shape index (κ2) is 11.8. The van der Waals surface area contributed by atoms with E-state index in [4.69, 9.17) is 9.47 Å². The van der Waals surface area contributed by atoms with E-state index < -0.39 is 4.92 Å². The van der Waals surface area contributed by atoms with Crippen LogP contribution in [0.1, 0.15) is 5.56 Å². The molecule has 188 valence electrons. The lowest BCUT2D eigenvalue weighted by atomic mass is 10.2. The van der Waals surface area contributed by atoms with Crippen molar-refractivity contribution in [1.29, 1.82) is 0 Å². The Morgan fingerprint density at radius 2 is 1.84 bits per heavy atom. The van der Waals surface area contributed by atoms with Crippen LogP contribution < -0.4 is 14.9 Å². The Morgan fingerprint density at radius 3 is 2.57 bits per heavy atom. The molecule has 0 fully saturated rings. The summed E-state index contributed by atoms with van der Waals surface area (Å²) >= 11 is 1.19. The SMILES string of the molecule is COc1ccc(-c2nnc(SCC(=O)N/N=C\c3cccc([N+](=O)[O-])c3)n2-c2ccccc2)cc1OC. The highest BCUT2D eigenvalue weighted by Crippen LogP contribution is 2.34. The van der Waals surface area contributed by atoms with Crippen LogP contribution in [0.25, 0.3) is 17.1 Å². The van der Waals surface area contributed by atoms with Crippen molar-refractivity contribution in [2.45, 2.75) is 5.16 Å². The van der Waals surface area contributed by atoms with Crippen molar-refractivity contribution in [3.63, 3.8) is 0 Å². The maximum absolute atomic E-state index is 12.4. The third kappa shape index (κ3) is 6.11. The Bertz CT molecular complexity index is 1440. The van der Waals surface area contributed by atoms with E-state index in [1.807, 2.05) is 47.0 Å². The number of nitro benzene ring substituents is 1. The summed E-state index contributed by atoms with van der Waals surface area (Å²) in [6.07, 6.45) is 1.34. The second-order valence-corrected chi connectivity index (χ2v) is 8.42. The van der Waals surface area contributed by atoms with Crippen LogP contribution in [-0.4, -0.2) is 51.8 Å². The van der Waals surface area contributed by atoms with Gasteiger partial charge in [0.25, 0.3) is 11.6 Å². The highest BCUT2D eigenvalue weighted by Gasteiger charge is 2.18. The minimum Gasteiger partial charge on any atom is -0.493 e. The first-order valence-corrected chi connectivity index (χ1v) is 11.9. The Morgan fingerprint density at radius 1 is 1.05 bits per heavy atom. The van der Waals surface area contributed by atoms with Gasteiger partial charge >= 0.3 is 0 Å². The van der Waals surface area contributed by atoms with Crippen LogP contribution in [0.15, 0.2) is 83.1 Å². The number of rotatable bonds is 10. The summed E-state index contributed by atoms with van der Waals surface area (Å²) in [7, 11) is 3.13. The number of benzene rings is 3. The van der Waals surface area contributed by atoms with E-state index in [1.54, 1.807) is 32.4 Å². The molecular formula is C25H22N6O5S. The summed E-state index contributed by atoms with van der Waals surface area (Å²) in [5, 5.41) is 24.0. The number of hydrogen-bond donors (Lipinski definition) is 1. The van der Waals surface area contributed by atoms with E-state index in [1.165, 1.54) is 30.1 Å². The average Bonchev–Trinajstić information content (AvgIpc) is 3.36. The molecule has 4 aromatic rings. The Hall–Kier alpha value is -4.71. The molecule has 0 spiro atoms. The second-order valence-electron chi connectivity index (χ2n) is 7.48. The molecule has 1 aromatic heterocycles. The third-order valence-corrected chi connectivity index (χ3v) is 6.03. The Labute approximate surface area is 216 Å². The number of aromatic nitrogens is 3. The fraction of sp³-hybridized carbons (Fsp3) is 0.120. The van der Waals surface area contributed by atoms with Gasteiger partial charge in [0.2, 0.25) is 0 Å². The number of nitrogens with one attached hydrogen (secondary N) is 1. The predicted molar refractivity (Wildman–Crippen MR) is 139 cm³/mol. The zero-order valence-corrected chi connectivity index (χ0v) is 20.7. The number of nitrogens with zero attached hydrogens (tertiary/aromatic N) is 5. The topological polar surface area (TPSA) is 134 Å². The fourth-order valence-electron chi connectivity index (χ4n) is 3.40. The molecule has 4 rings (SSSR count). The van der Waals surface area contributed by atoms with E-state index in [0.717, 1.165) is 11.3 Å². The smallest absolute Gasteiger partial charge is 0.270 e. The molecule has 37 heavy (non-hydrogen) atoms. The molecule has 12 heteroatoms. The summed E-state index contributed by atoms with van der Waals surface area (Å²) in [6, 6.07) is 20.9. The van der Waals surface area contributed by atoms with Crippen molar-refractivity contribution in [2.75, 3.05) is 20.0 Å².